The van der Waals surface area contributed by atoms with Gasteiger partial charge < -0.3 is 0 Å². The third-order valence-electron chi connectivity index (χ3n) is 2.85. The van der Waals surface area contributed by atoms with Crippen molar-refractivity contribution < 1.29 is 0 Å². The second-order valence-electron chi connectivity index (χ2n) is 4.25. The van der Waals surface area contributed by atoms with Crippen molar-refractivity contribution >= 4 is 25.5 Å². The lowest BCUT2D eigenvalue weighted by molar-refractivity contribution is 1.73. The lowest BCUT2D eigenvalue weighted by Gasteiger charge is -1.94. The van der Waals surface area contributed by atoms with Crippen molar-refractivity contribution in [1.29, 1.82) is 0 Å². The van der Waals surface area contributed by atoms with E-state index in [1.165, 1.54) is 15.0 Å². The third-order valence-corrected chi connectivity index (χ3v) is 4.95. The maximum atomic E-state index is 2.29. The van der Waals surface area contributed by atoms with Gasteiger partial charge in [0, 0.05) is 22.8 Å². The summed E-state index contributed by atoms with van der Waals surface area (Å²) in [7, 11) is 0.0214. The predicted molar refractivity (Wildman–Crippen MR) is 88.8 cm³/mol. The molecule has 0 nitrogen and oxygen atoms in total. The largest absolute Gasteiger partial charge is 0.185 e. The first-order chi connectivity index (χ1) is 9.33. The summed E-state index contributed by atoms with van der Waals surface area (Å²) in [5.41, 5.74) is 0. The lowest BCUT2D eigenvalue weighted by atomic mass is 10.2. The Bertz CT molecular complexity index is 658. The molecule has 0 saturated carbocycles. The van der Waals surface area contributed by atoms with Crippen LogP contribution in [0.2, 0.25) is 0 Å². The predicted octanol–water partition coefficient (Wildman–Crippen LogP) is 6.15. The topological polar surface area (TPSA) is 0 Å². The van der Waals surface area contributed by atoms with E-state index in [0.717, 1.165) is 0 Å². The lowest BCUT2D eigenvalue weighted by Crippen LogP contribution is -1.70. The van der Waals surface area contributed by atoms with Gasteiger partial charge in [-0.2, -0.15) is 0 Å². The molecule has 0 spiro atoms. The molecular formula is C18H19S+. The summed E-state index contributed by atoms with van der Waals surface area (Å²) in [5, 5.41) is 3.59. The van der Waals surface area contributed by atoms with Gasteiger partial charge in [0.2, 0.25) is 0 Å². The Labute approximate surface area is 118 Å². The van der Waals surface area contributed by atoms with Gasteiger partial charge in [-0.1, -0.05) is 42.5 Å². The Balaban J connectivity index is 2.79. The summed E-state index contributed by atoms with van der Waals surface area (Å²) >= 11 is 0. The molecule has 0 radical (unpaired) electrons. The van der Waals surface area contributed by atoms with Crippen LogP contribution in [0.5, 0.6) is 0 Å². The fourth-order valence-corrected chi connectivity index (χ4v) is 3.69. The number of fused-ring (bicyclic) bond motifs is 1. The second-order valence-corrected chi connectivity index (χ2v) is 6.28. The molecule has 1 atom stereocenters. The Morgan fingerprint density at radius 1 is 0.947 bits per heavy atom. The van der Waals surface area contributed by atoms with Crippen LogP contribution in [-0.2, 0) is 0 Å². The van der Waals surface area contributed by atoms with Crippen LogP contribution in [0.1, 0.15) is 13.8 Å². The molecule has 0 aliphatic rings. The van der Waals surface area contributed by atoms with Gasteiger partial charge in [0.05, 0.1) is 0 Å². The first kappa shape index (κ1) is 13.6. The zero-order chi connectivity index (χ0) is 13.5. The molecular weight excluding hydrogens is 248 g/mol. The van der Waals surface area contributed by atoms with Gasteiger partial charge in [0.1, 0.15) is 5.38 Å². The van der Waals surface area contributed by atoms with Gasteiger partial charge in [-0.3, -0.25) is 0 Å². The van der Waals surface area contributed by atoms with E-state index in [4.69, 9.17) is 0 Å². The van der Waals surface area contributed by atoms with E-state index in [0.29, 0.717) is 0 Å². The van der Waals surface area contributed by atoms with Crippen LogP contribution < -0.4 is 0 Å². The van der Waals surface area contributed by atoms with E-state index in [2.05, 4.69) is 85.1 Å². The van der Waals surface area contributed by atoms with Crippen LogP contribution in [-0.4, -0.2) is 0 Å². The molecule has 2 rings (SSSR count). The Hall–Kier alpha value is -1.86. The van der Waals surface area contributed by atoms with E-state index in [1.54, 1.807) is 0 Å². The van der Waals surface area contributed by atoms with E-state index in [-0.39, 0.29) is 10.5 Å². The second kappa shape index (κ2) is 6.91. The van der Waals surface area contributed by atoms with Crippen molar-refractivity contribution in [3.63, 3.8) is 0 Å². The van der Waals surface area contributed by atoms with Gasteiger partial charge in [0.15, 0.2) is 9.61 Å². The average Bonchev–Trinajstić information content (AvgIpc) is 2.54. The summed E-state index contributed by atoms with van der Waals surface area (Å²) in [5.74, 6) is 0. The zero-order valence-corrected chi connectivity index (χ0v) is 12.2. The minimum atomic E-state index is 0.0214. The van der Waals surface area contributed by atoms with E-state index >= 15 is 0 Å². The van der Waals surface area contributed by atoms with Crippen LogP contribution in [0.4, 0.5) is 0 Å². The van der Waals surface area contributed by atoms with Gasteiger partial charge in [-0.05, 0) is 37.3 Å². The van der Waals surface area contributed by atoms with Gasteiger partial charge in [-0.15, -0.1) is 0 Å². The Kier molecular flexibility index (Phi) is 4.93. The number of hydrogen-bond donors (Lipinski definition) is 0. The van der Waals surface area contributed by atoms with Gasteiger partial charge >= 0.3 is 0 Å². The maximum Gasteiger partial charge on any atom is 0.185 e. The summed E-state index contributed by atoms with van der Waals surface area (Å²) in [6, 6.07) is 19.2. The standard InChI is InChI=1S/C18H19S/c1-3-4-11-16(2)19-15-10-6-5-7-12-17-13-8-9-14-18(17)19/h3-15H,1-2H3/q+1/b4-3-,6-5?,12-7?,15-10?,16-11+. The number of benzene rings is 1. The highest BCUT2D eigenvalue weighted by atomic mass is 32.2. The molecule has 1 unspecified atom stereocenters. The first-order valence-corrected chi connectivity index (χ1v) is 7.75. The summed E-state index contributed by atoms with van der Waals surface area (Å²) in [6.07, 6.45) is 6.38. The quantitative estimate of drug-likeness (QED) is 0.452. The minimum absolute atomic E-state index is 0.0214. The van der Waals surface area contributed by atoms with Gasteiger partial charge in [0.25, 0.3) is 0 Å². The molecule has 0 aliphatic carbocycles. The molecule has 0 N–H and O–H groups in total. The highest BCUT2D eigenvalue weighted by Crippen LogP contribution is 2.35. The van der Waals surface area contributed by atoms with Crippen molar-refractivity contribution in [2.45, 2.75) is 13.8 Å². The number of hydrogen-bond acceptors (Lipinski definition) is 0. The molecule has 0 fully saturated rings. The van der Waals surface area contributed by atoms with Crippen LogP contribution in [0.25, 0.3) is 15.0 Å². The Morgan fingerprint density at radius 2 is 1.63 bits per heavy atom. The SMILES string of the molecule is C/C=C\C=C(/C)[s+]1ccccccc2ccccc21. The van der Waals surface area contributed by atoms with E-state index in [9.17, 15) is 0 Å². The number of rotatable bonds is 2. The molecule has 2 aromatic rings. The molecule has 1 heteroatoms. The molecule has 0 amide bonds. The summed E-state index contributed by atoms with van der Waals surface area (Å²) < 4.78 is 1.39. The Morgan fingerprint density at radius 3 is 2.42 bits per heavy atom. The highest BCUT2D eigenvalue weighted by molar-refractivity contribution is 7.46. The van der Waals surface area contributed by atoms with Crippen LogP contribution in [0, 0.1) is 0 Å². The van der Waals surface area contributed by atoms with Crippen molar-refractivity contribution in [2.24, 2.45) is 0 Å². The fraction of sp³-hybridized carbons (Fsp3) is 0.111. The van der Waals surface area contributed by atoms with Crippen LogP contribution >= 0.6 is 10.5 Å². The molecule has 1 heterocycles. The van der Waals surface area contributed by atoms with Crippen LogP contribution in [0.3, 0.4) is 0 Å². The van der Waals surface area contributed by atoms with Crippen LogP contribution in [0.15, 0.2) is 78.2 Å². The maximum absolute atomic E-state index is 2.29. The molecule has 19 heavy (non-hydrogen) atoms. The van der Waals surface area contributed by atoms with E-state index in [1.807, 2.05) is 6.92 Å². The molecule has 1 aromatic carbocycles. The number of allylic oxidation sites excluding steroid dienone is 4. The summed E-state index contributed by atoms with van der Waals surface area (Å²) in [6.45, 7) is 4.25. The molecule has 0 aliphatic heterocycles. The van der Waals surface area contributed by atoms with E-state index < -0.39 is 0 Å². The summed E-state index contributed by atoms with van der Waals surface area (Å²) in [4.78, 5) is 1.38. The average molecular weight is 267 g/mol. The molecule has 1 aromatic heterocycles. The van der Waals surface area contributed by atoms with Crippen molar-refractivity contribution in [2.75, 3.05) is 0 Å². The van der Waals surface area contributed by atoms with Crippen molar-refractivity contribution in [3.05, 3.63) is 78.2 Å². The highest BCUT2D eigenvalue weighted by Gasteiger charge is 2.08. The smallest absolute Gasteiger partial charge is 0.0875 e. The first-order valence-electron chi connectivity index (χ1n) is 6.46. The minimum Gasteiger partial charge on any atom is -0.0875 e. The van der Waals surface area contributed by atoms with Gasteiger partial charge in [-0.25, -0.2) is 0 Å². The molecule has 0 bridgehead atoms. The molecule has 96 valence electrons. The van der Waals surface area contributed by atoms with Crippen molar-refractivity contribution in [1.82, 2.24) is 0 Å². The van der Waals surface area contributed by atoms with Crippen molar-refractivity contribution in [3.8, 4) is 0 Å². The third kappa shape index (κ3) is 3.55. The zero-order valence-electron chi connectivity index (χ0n) is 11.4. The molecule has 0 saturated heterocycles. The normalized spacial score (nSPS) is 12.7. The monoisotopic (exact) mass is 267 g/mol. The fourth-order valence-electron chi connectivity index (χ4n) is 1.89.